The molecule has 0 aromatic heterocycles. The molecule has 0 bridgehead atoms. The van der Waals surface area contributed by atoms with Crippen LogP contribution in [0.15, 0.2) is 0 Å². The molecule has 0 radical (unpaired) electrons. The molecule has 0 aliphatic carbocycles. The maximum absolute atomic E-state index is 12.1. The van der Waals surface area contributed by atoms with Gasteiger partial charge in [0.05, 0.1) is 0 Å². The number of nitrogens with one attached hydrogen (secondary N) is 2. The van der Waals surface area contributed by atoms with E-state index in [0.29, 0.717) is 11.2 Å². The average molecular weight is 321 g/mol. The Morgan fingerprint density at radius 3 is 1.88 bits per heavy atom. The minimum Gasteiger partial charge on any atom is -0.206 e. The minimum atomic E-state index is -5.02. The van der Waals surface area contributed by atoms with Crippen molar-refractivity contribution in [2.45, 2.75) is 0 Å². The maximum Gasteiger partial charge on any atom is 0.306 e. The lowest BCUT2D eigenvalue weighted by Gasteiger charge is -2.11. The highest BCUT2D eigenvalue weighted by molar-refractivity contribution is 8.09. The van der Waals surface area contributed by atoms with E-state index in [0.717, 1.165) is 4.13 Å². The zero-order valence-corrected chi connectivity index (χ0v) is 10.6. The van der Waals surface area contributed by atoms with Gasteiger partial charge in [-0.1, -0.05) is 12.0 Å². The quantitative estimate of drug-likeness (QED) is 0.528. The molecular weight excluding hydrogens is 316 g/mol. The Labute approximate surface area is 95.3 Å². The Morgan fingerprint density at radius 2 is 1.56 bits per heavy atom. The van der Waals surface area contributed by atoms with Gasteiger partial charge in [-0.3, -0.25) is 0 Å². The zero-order chi connectivity index (χ0) is 13.1. The van der Waals surface area contributed by atoms with Gasteiger partial charge >= 0.3 is 20.4 Å². The second-order valence-electron chi connectivity index (χ2n) is 2.01. The van der Waals surface area contributed by atoms with Crippen LogP contribution in [0.4, 0.5) is 7.77 Å². The van der Waals surface area contributed by atoms with Crippen LogP contribution in [-0.4, -0.2) is 36.0 Å². The van der Waals surface area contributed by atoms with Crippen LogP contribution in [0.5, 0.6) is 0 Å². The first-order valence-corrected chi connectivity index (χ1v) is 7.92. The van der Waals surface area contributed by atoms with Crippen LogP contribution in [0, 0.1) is 0 Å². The lowest BCUT2D eigenvalue weighted by molar-refractivity contribution is 0.536. The first-order chi connectivity index (χ1) is 6.98. The Hall–Kier alpha value is -0.0600. The monoisotopic (exact) mass is 321 g/mol. The number of nitrogens with zero attached hydrogens (tertiary/aromatic N) is 1. The van der Waals surface area contributed by atoms with Gasteiger partial charge in [-0.25, -0.2) is 8.42 Å². The number of hydrogen-bond donors (Lipinski definition) is 2. The fraction of sp³-hybridized carbons (Fsp3) is 1.00. The topological polar surface area (TPSA) is 130 Å². The number of hydrogen-bond acceptors (Lipinski definition) is 6. The summed E-state index contributed by atoms with van der Waals surface area (Å²) in [5, 5.41) is 0. The molecule has 0 heterocycles. The van der Waals surface area contributed by atoms with Crippen molar-refractivity contribution >= 4 is 43.2 Å². The van der Waals surface area contributed by atoms with Crippen molar-refractivity contribution in [1.29, 1.82) is 0 Å². The fourth-order valence-corrected chi connectivity index (χ4v) is 3.92. The van der Waals surface area contributed by atoms with Gasteiger partial charge < -0.3 is 0 Å². The normalized spacial score (nSPS) is 17.2. The second-order valence-corrected chi connectivity index (χ2v) is 7.49. The molecule has 0 rings (SSSR count). The third kappa shape index (κ3) is 5.32. The van der Waals surface area contributed by atoms with E-state index < -0.39 is 46.9 Å². The van der Waals surface area contributed by atoms with E-state index in [2.05, 4.69) is 0 Å². The van der Waals surface area contributed by atoms with E-state index in [-0.39, 0.29) is 0 Å². The summed E-state index contributed by atoms with van der Waals surface area (Å²) in [5.74, 6) is 0. The molecule has 15 heteroatoms. The smallest absolute Gasteiger partial charge is 0.206 e. The van der Waals surface area contributed by atoms with E-state index in [9.17, 15) is 33.0 Å². The summed E-state index contributed by atoms with van der Waals surface area (Å²) >= 11 is -7.05. The van der Waals surface area contributed by atoms with Crippen molar-refractivity contribution < 1.29 is 33.0 Å². The van der Waals surface area contributed by atoms with Crippen LogP contribution in [0.2, 0.25) is 0 Å². The molecule has 2 N–H and O–H groups in total. The fourth-order valence-electron chi connectivity index (χ4n) is 0.372. The van der Waals surface area contributed by atoms with Crippen LogP contribution in [0.25, 0.3) is 0 Å². The van der Waals surface area contributed by atoms with Gasteiger partial charge in [0.15, 0.2) is 0 Å². The molecule has 0 aliphatic heterocycles. The molecule has 16 heavy (non-hydrogen) atoms. The molecular formula is CH5F2N3O6S4. The van der Waals surface area contributed by atoms with Crippen LogP contribution in [0.3, 0.4) is 0 Å². The molecule has 98 valence electrons. The highest BCUT2D eigenvalue weighted by Gasteiger charge is 2.30. The second kappa shape index (κ2) is 5.52. The molecule has 9 nitrogen and oxygen atoms in total. The lowest BCUT2D eigenvalue weighted by atomic mass is 11.6. The highest BCUT2D eigenvalue weighted by atomic mass is 32.3. The van der Waals surface area contributed by atoms with Crippen molar-refractivity contribution in [2.24, 2.45) is 0 Å². The summed E-state index contributed by atoms with van der Waals surface area (Å²) < 4.78 is 87.9. The lowest BCUT2D eigenvalue weighted by Crippen LogP contribution is -2.46. The molecule has 0 aliphatic rings. The predicted molar refractivity (Wildman–Crippen MR) is 50.4 cm³/mol. The van der Waals surface area contributed by atoms with Gasteiger partial charge in [-0.2, -0.15) is 16.8 Å². The van der Waals surface area contributed by atoms with Gasteiger partial charge in [0.1, 0.15) is 0 Å². The van der Waals surface area contributed by atoms with E-state index in [4.69, 9.17) is 0 Å². The zero-order valence-electron chi connectivity index (χ0n) is 7.29. The third-order valence-corrected chi connectivity index (χ3v) is 6.07. The molecule has 0 saturated carbocycles. The summed E-state index contributed by atoms with van der Waals surface area (Å²) in [7, 11) is -9.57. The molecule has 0 amide bonds. The largest absolute Gasteiger partial charge is 0.306 e. The van der Waals surface area contributed by atoms with Gasteiger partial charge in [-0.05, 0) is 0 Å². The van der Waals surface area contributed by atoms with Gasteiger partial charge in [0.2, 0.25) is 0 Å². The van der Waals surface area contributed by atoms with Crippen LogP contribution in [-0.2, 0) is 43.2 Å². The van der Waals surface area contributed by atoms with Crippen molar-refractivity contribution in [1.82, 2.24) is 12.0 Å². The summed E-state index contributed by atoms with van der Waals surface area (Å²) in [6, 6.07) is 0. The number of rotatable bonds is 6. The Kier molecular flexibility index (Phi) is 5.50. The summed E-state index contributed by atoms with van der Waals surface area (Å²) in [6.07, 6.45) is 0. The molecule has 0 saturated heterocycles. The van der Waals surface area contributed by atoms with Gasteiger partial charge in [0, 0.05) is 7.05 Å². The van der Waals surface area contributed by atoms with Crippen molar-refractivity contribution in [3.8, 4) is 0 Å². The molecule has 2 unspecified atom stereocenters. The Morgan fingerprint density at radius 1 is 1.12 bits per heavy atom. The van der Waals surface area contributed by atoms with Gasteiger partial charge in [-0.15, -0.1) is 7.77 Å². The van der Waals surface area contributed by atoms with Crippen LogP contribution < -0.4 is 8.25 Å². The molecule has 0 aromatic carbocycles. The van der Waals surface area contributed by atoms with E-state index in [1.165, 1.54) is 0 Å². The molecule has 2 atom stereocenters. The number of halogens is 2. The average Bonchev–Trinajstić information content (AvgIpc) is 1.97. The predicted octanol–water partition coefficient (Wildman–Crippen LogP) is -2.32. The molecule has 0 spiro atoms. The standard InChI is InChI=1S/CH5F2N3O6S4/c1-6(14(3)8)16(11,12)5-15(9,10)4-13(2)7/h4-5H,1H3. The third-order valence-electron chi connectivity index (χ3n) is 0.931. The Balaban J connectivity index is 5.00. The Bertz CT molecular complexity index is 496. The van der Waals surface area contributed by atoms with E-state index >= 15 is 0 Å². The van der Waals surface area contributed by atoms with Crippen LogP contribution in [0.1, 0.15) is 0 Å². The SMILES string of the molecule is CN(S(=O)F)S(=O)(=O)NS(=O)(=O)NS(=O)F. The molecule has 0 aromatic rings. The van der Waals surface area contributed by atoms with Gasteiger partial charge in [0.25, 0.3) is 22.7 Å². The van der Waals surface area contributed by atoms with Crippen LogP contribution >= 0.6 is 0 Å². The summed E-state index contributed by atoms with van der Waals surface area (Å²) in [5.41, 5.74) is 0. The summed E-state index contributed by atoms with van der Waals surface area (Å²) in [4.78, 5) is 0. The van der Waals surface area contributed by atoms with Crippen molar-refractivity contribution in [2.75, 3.05) is 7.05 Å². The first-order valence-electron chi connectivity index (χ1n) is 2.94. The van der Waals surface area contributed by atoms with E-state index in [1.807, 2.05) is 0 Å². The maximum atomic E-state index is 12.1. The first kappa shape index (κ1) is 15.9. The minimum absolute atomic E-state index is 0.459. The summed E-state index contributed by atoms with van der Waals surface area (Å²) in [6.45, 7) is 0. The highest BCUT2D eigenvalue weighted by Crippen LogP contribution is 2.01. The molecule has 0 fully saturated rings. The van der Waals surface area contributed by atoms with E-state index in [1.54, 1.807) is 0 Å². The van der Waals surface area contributed by atoms with Crippen molar-refractivity contribution in [3.63, 3.8) is 0 Å². The van der Waals surface area contributed by atoms with Crippen molar-refractivity contribution in [3.05, 3.63) is 0 Å².